The predicted molar refractivity (Wildman–Crippen MR) is 118 cm³/mol. The van der Waals surface area contributed by atoms with Crippen LogP contribution in [0.15, 0.2) is 0 Å². The second-order valence-corrected chi connectivity index (χ2v) is 12.2. The van der Waals surface area contributed by atoms with Gasteiger partial charge in [0.15, 0.2) is 0 Å². The molecule has 0 amide bonds. The molecule has 4 rings (SSSR count). The van der Waals surface area contributed by atoms with Crippen LogP contribution in [-0.4, -0.2) is 23.8 Å². The molecule has 0 aliphatic heterocycles. The summed E-state index contributed by atoms with van der Waals surface area (Å²) in [6, 6.07) is 0.669. The summed E-state index contributed by atoms with van der Waals surface area (Å²) in [5, 5.41) is 14.2. The van der Waals surface area contributed by atoms with Gasteiger partial charge in [0.05, 0.1) is 6.10 Å². The van der Waals surface area contributed by atoms with Gasteiger partial charge in [0.1, 0.15) is 0 Å². The summed E-state index contributed by atoms with van der Waals surface area (Å²) in [4.78, 5) is 0. The van der Waals surface area contributed by atoms with Crippen LogP contribution in [0.4, 0.5) is 0 Å². The number of fused-ring (bicyclic) bond motifs is 5. The molecule has 0 radical (unpaired) electrons. The molecule has 2 heteroatoms. The Balaban J connectivity index is 1.46. The van der Waals surface area contributed by atoms with Crippen LogP contribution in [0.5, 0.6) is 0 Å². The second kappa shape index (κ2) is 7.88. The molecule has 162 valence electrons. The average molecular weight is 390 g/mol. The first-order chi connectivity index (χ1) is 13.3. The van der Waals surface area contributed by atoms with Crippen LogP contribution in [0.25, 0.3) is 0 Å². The maximum atomic E-state index is 10.2. The molecule has 0 aromatic rings. The normalized spacial score (nSPS) is 49.4. The van der Waals surface area contributed by atoms with Crippen molar-refractivity contribution in [3.63, 3.8) is 0 Å². The number of hydrogen-bond acceptors (Lipinski definition) is 2. The van der Waals surface area contributed by atoms with Crippen LogP contribution in [0.3, 0.4) is 0 Å². The lowest BCUT2D eigenvalue weighted by Crippen LogP contribution is -2.55. The molecule has 0 heterocycles. The van der Waals surface area contributed by atoms with E-state index in [1.54, 1.807) is 0 Å². The standard InChI is InChI=1S/C26H47NO/c1-17(2)12-15-27-18(3)22-8-9-23-21-7-6-19-16-20(28)10-13-25(19,4)24(21)11-14-26(22,23)5/h17-24,27-28H,6-16H2,1-5H3/t18?,19-,20-,21-,22+,23-,24-,25-,26+/m0/s1. The Morgan fingerprint density at radius 3 is 2.36 bits per heavy atom. The van der Waals surface area contributed by atoms with E-state index in [1.165, 1.54) is 57.9 Å². The topological polar surface area (TPSA) is 32.3 Å². The Morgan fingerprint density at radius 1 is 0.893 bits per heavy atom. The Labute approximate surface area is 174 Å². The van der Waals surface area contributed by atoms with E-state index in [9.17, 15) is 5.11 Å². The first-order valence-corrected chi connectivity index (χ1v) is 12.7. The minimum absolute atomic E-state index is 0.0166. The summed E-state index contributed by atoms with van der Waals surface area (Å²) >= 11 is 0. The molecule has 0 aromatic carbocycles. The zero-order chi connectivity index (χ0) is 20.1. The van der Waals surface area contributed by atoms with Gasteiger partial charge in [-0.1, -0.05) is 27.7 Å². The van der Waals surface area contributed by atoms with Gasteiger partial charge in [-0.05, 0) is 124 Å². The summed E-state index contributed by atoms with van der Waals surface area (Å²) in [6.07, 6.45) is 13.3. The zero-order valence-electron chi connectivity index (χ0n) is 19.3. The molecule has 1 unspecified atom stereocenters. The van der Waals surface area contributed by atoms with Crippen LogP contribution < -0.4 is 5.32 Å². The van der Waals surface area contributed by atoms with Gasteiger partial charge in [0.2, 0.25) is 0 Å². The molecule has 28 heavy (non-hydrogen) atoms. The highest BCUT2D eigenvalue weighted by molar-refractivity contribution is 5.10. The number of hydrogen-bond donors (Lipinski definition) is 2. The summed E-state index contributed by atoms with van der Waals surface area (Å²) in [6.45, 7) is 13.6. The summed E-state index contributed by atoms with van der Waals surface area (Å²) in [5.74, 6) is 5.30. The third-order valence-electron chi connectivity index (χ3n) is 10.5. The Hall–Kier alpha value is -0.0800. The first kappa shape index (κ1) is 21.2. The van der Waals surface area contributed by atoms with E-state index in [2.05, 4.69) is 39.9 Å². The van der Waals surface area contributed by atoms with Crippen molar-refractivity contribution in [2.24, 2.45) is 46.3 Å². The van der Waals surface area contributed by atoms with Gasteiger partial charge in [0.25, 0.3) is 0 Å². The highest BCUT2D eigenvalue weighted by Gasteiger charge is 2.60. The zero-order valence-corrected chi connectivity index (χ0v) is 19.3. The fraction of sp³-hybridized carbons (Fsp3) is 1.00. The van der Waals surface area contributed by atoms with Crippen LogP contribution in [0, 0.1) is 46.3 Å². The highest BCUT2D eigenvalue weighted by Crippen LogP contribution is 2.67. The van der Waals surface area contributed by atoms with Gasteiger partial charge < -0.3 is 10.4 Å². The Kier molecular flexibility index (Phi) is 5.95. The highest BCUT2D eigenvalue weighted by atomic mass is 16.3. The number of nitrogens with one attached hydrogen (secondary N) is 1. The monoisotopic (exact) mass is 389 g/mol. The summed E-state index contributed by atoms with van der Waals surface area (Å²) in [7, 11) is 0. The average Bonchev–Trinajstić information content (AvgIpc) is 2.99. The Bertz CT molecular complexity index is 547. The predicted octanol–water partition coefficient (Wildman–Crippen LogP) is 6.03. The molecule has 4 saturated carbocycles. The van der Waals surface area contributed by atoms with Crippen LogP contribution in [0.1, 0.15) is 98.8 Å². The van der Waals surface area contributed by atoms with Crippen molar-refractivity contribution in [3.05, 3.63) is 0 Å². The molecule has 0 aromatic heterocycles. The van der Waals surface area contributed by atoms with Crippen molar-refractivity contribution in [1.82, 2.24) is 5.32 Å². The molecule has 0 bridgehead atoms. The van der Waals surface area contributed by atoms with Gasteiger partial charge in [-0.15, -0.1) is 0 Å². The van der Waals surface area contributed by atoms with E-state index >= 15 is 0 Å². The SMILES string of the molecule is CC(C)CCNC(C)[C@H]1CC[C@H]2[C@@H]3CC[C@H]4C[C@@H](O)CC[C@]4(C)[C@H]3CC[C@]12C. The van der Waals surface area contributed by atoms with E-state index in [1.807, 2.05) is 0 Å². The van der Waals surface area contributed by atoms with Crippen molar-refractivity contribution in [3.8, 4) is 0 Å². The smallest absolute Gasteiger partial charge is 0.0543 e. The molecular weight excluding hydrogens is 342 g/mol. The summed E-state index contributed by atoms with van der Waals surface area (Å²) in [5.41, 5.74) is 1.07. The summed E-state index contributed by atoms with van der Waals surface area (Å²) < 4.78 is 0. The third kappa shape index (κ3) is 3.49. The molecule has 4 fully saturated rings. The van der Waals surface area contributed by atoms with Crippen molar-refractivity contribution in [2.45, 2.75) is 111 Å². The molecule has 0 spiro atoms. The minimum atomic E-state index is -0.0166. The van der Waals surface area contributed by atoms with E-state index in [0.29, 0.717) is 16.9 Å². The number of aliphatic hydroxyl groups excluding tert-OH is 1. The molecule has 2 nitrogen and oxygen atoms in total. The lowest BCUT2D eigenvalue weighted by atomic mass is 9.44. The van der Waals surface area contributed by atoms with Gasteiger partial charge in [-0.2, -0.15) is 0 Å². The lowest BCUT2D eigenvalue weighted by molar-refractivity contribution is -0.127. The fourth-order valence-electron chi connectivity index (χ4n) is 8.84. The van der Waals surface area contributed by atoms with E-state index in [4.69, 9.17) is 0 Å². The fourth-order valence-corrected chi connectivity index (χ4v) is 8.84. The molecule has 4 aliphatic carbocycles. The van der Waals surface area contributed by atoms with Gasteiger partial charge in [0, 0.05) is 6.04 Å². The third-order valence-corrected chi connectivity index (χ3v) is 10.5. The van der Waals surface area contributed by atoms with Gasteiger partial charge in [-0.25, -0.2) is 0 Å². The van der Waals surface area contributed by atoms with Crippen molar-refractivity contribution < 1.29 is 5.11 Å². The maximum absolute atomic E-state index is 10.2. The van der Waals surface area contributed by atoms with E-state index < -0.39 is 0 Å². The van der Waals surface area contributed by atoms with Crippen LogP contribution >= 0.6 is 0 Å². The van der Waals surface area contributed by atoms with Crippen molar-refractivity contribution in [1.29, 1.82) is 0 Å². The maximum Gasteiger partial charge on any atom is 0.0543 e. The van der Waals surface area contributed by atoms with E-state index in [-0.39, 0.29) is 6.10 Å². The van der Waals surface area contributed by atoms with Crippen molar-refractivity contribution >= 4 is 0 Å². The molecule has 9 atom stereocenters. The minimum Gasteiger partial charge on any atom is -0.393 e. The van der Waals surface area contributed by atoms with E-state index in [0.717, 1.165) is 48.3 Å². The van der Waals surface area contributed by atoms with Crippen LogP contribution in [-0.2, 0) is 0 Å². The molecule has 0 saturated heterocycles. The van der Waals surface area contributed by atoms with Crippen molar-refractivity contribution in [2.75, 3.05) is 6.54 Å². The van der Waals surface area contributed by atoms with Crippen LogP contribution in [0.2, 0.25) is 0 Å². The first-order valence-electron chi connectivity index (χ1n) is 12.7. The number of aliphatic hydroxyl groups is 1. The van der Waals surface area contributed by atoms with Gasteiger partial charge >= 0.3 is 0 Å². The Morgan fingerprint density at radius 2 is 1.61 bits per heavy atom. The quantitative estimate of drug-likeness (QED) is 0.601. The molecular formula is C26H47NO. The number of rotatable bonds is 5. The second-order valence-electron chi connectivity index (χ2n) is 12.2. The van der Waals surface area contributed by atoms with Gasteiger partial charge in [-0.3, -0.25) is 0 Å². The molecule has 2 N–H and O–H groups in total. The largest absolute Gasteiger partial charge is 0.393 e. The molecule has 4 aliphatic rings. The lowest BCUT2D eigenvalue weighted by Gasteiger charge is -2.61.